The Morgan fingerprint density at radius 2 is 1.81 bits per heavy atom. The number of piperidine rings is 1. The van der Waals surface area contributed by atoms with Crippen LogP contribution < -0.4 is 10.6 Å². The van der Waals surface area contributed by atoms with E-state index in [0.29, 0.717) is 35.1 Å². The van der Waals surface area contributed by atoms with Crippen molar-refractivity contribution in [1.29, 1.82) is 0 Å². The molecule has 4 fully saturated rings. The Kier molecular flexibility index (Phi) is 5.70. The predicted molar refractivity (Wildman–Crippen MR) is 106 cm³/mol. The first kappa shape index (κ1) is 19.2. The first-order chi connectivity index (χ1) is 12.4. The van der Waals surface area contributed by atoms with Crippen LogP contribution >= 0.6 is 11.6 Å². The molecule has 0 bridgehead atoms. The van der Waals surface area contributed by atoms with Crippen molar-refractivity contribution in [3.05, 3.63) is 0 Å². The van der Waals surface area contributed by atoms with Gasteiger partial charge < -0.3 is 10.6 Å². The minimum Gasteiger partial charge on any atom is -0.340 e. The van der Waals surface area contributed by atoms with Gasteiger partial charge in [0.25, 0.3) is 0 Å². The smallest absolute Gasteiger partial charge is 0.144 e. The fourth-order valence-corrected chi connectivity index (χ4v) is 7.10. The summed E-state index contributed by atoms with van der Waals surface area (Å²) < 4.78 is 0. The van der Waals surface area contributed by atoms with Crippen LogP contribution in [0, 0.1) is 23.2 Å². The first-order valence-electron chi connectivity index (χ1n) is 11.2. The molecule has 3 aliphatic carbocycles. The van der Waals surface area contributed by atoms with Crippen molar-refractivity contribution >= 4 is 17.4 Å². The molecule has 4 heteroatoms. The zero-order chi connectivity index (χ0) is 18.3. The number of ketones is 1. The average molecular weight is 382 g/mol. The predicted octanol–water partition coefficient (Wildman–Crippen LogP) is 3.25. The molecule has 3 saturated carbocycles. The molecule has 0 radical (unpaired) electrons. The van der Waals surface area contributed by atoms with E-state index in [4.69, 9.17) is 11.6 Å². The van der Waals surface area contributed by atoms with E-state index in [1.54, 1.807) is 0 Å². The molecule has 7 atom stereocenters. The summed E-state index contributed by atoms with van der Waals surface area (Å²) in [5.41, 5.74) is 0.172. The first-order valence-corrected chi connectivity index (χ1v) is 11.6. The van der Waals surface area contributed by atoms with Gasteiger partial charge in [-0.05, 0) is 50.0 Å². The van der Waals surface area contributed by atoms with Crippen LogP contribution in [0.3, 0.4) is 0 Å². The highest BCUT2D eigenvalue weighted by atomic mass is 35.5. The molecule has 26 heavy (non-hydrogen) atoms. The molecule has 3 nitrogen and oxygen atoms in total. The average Bonchev–Trinajstić information content (AvgIpc) is 2.59. The molecule has 1 aliphatic heterocycles. The number of hydrogen-bond donors (Lipinski definition) is 2. The highest BCUT2D eigenvalue weighted by Gasteiger charge is 2.54. The summed E-state index contributed by atoms with van der Waals surface area (Å²) in [5, 5.41) is 6.90. The lowest BCUT2D eigenvalue weighted by atomic mass is 9.60. The molecule has 0 aromatic rings. The maximum Gasteiger partial charge on any atom is 0.144 e. The maximum atomic E-state index is 13.2. The van der Waals surface area contributed by atoms with Gasteiger partial charge >= 0.3 is 0 Å². The van der Waals surface area contributed by atoms with Crippen LogP contribution in [0.2, 0.25) is 0 Å². The van der Waals surface area contributed by atoms with Crippen LogP contribution in [0.4, 0.5) is 0 Å². The Morgan fingerprint density at radius 1 is 1.08 bits per heavy atom. The van der Waals surface area contributed by atoms with Gasteiger partial charge in [-0.2, -0.15) is 0 Å². The molecule has 0 amide bonds. The van der Waals surface area contributed by atoms with Gasteiger partial charge in [-0.25, -0.2) is 0 Å². The van der Waals surface area contributed by atoms with E-state index < -0.39 is 0 Å². The van der Waals surface area contributed by atoms with Crippen molar-refractivity contribution in [2.45, 2.75) is 102 Å². The largest absolute Gasteiger partial charge is 0.340 e. The molecule has 3 N–H and O–H groups in total. The summed E-state index contributed by atoms with van der Waals surface area (Å²) in [6.07, 6.45) is 12.3. The van der Waals surface area contributed by atoms with Gasteiger partial charge in [0.15, 0.2) is 0 Å². The number of carbonyl (C=O) groups excluding carboxylic acids is 1. The normalized spacial score (nSPS) is 45.7. The number of nitrogens with two attached hydrogens (primary N) is 1. The van der Waals surface area contributed by atoms with Crippen LogP contribution in [0.15, 0.2) is 0 Å². The van der Waals surface area contributed by atoms with Gasteiger partial charge in [-0.1, -0.05) is 33.1 Å². The fourth-order valence-electron chi connectivity index (χ4n) is 6.73. The van der Waals surface area contributed by atoms with Crippen LogP contribution in [-0.2, 0) is 4.79 Å². The zero-order valence-corrected chi connectivity index (χ0v) is 17.4. The monoisotopic (exact) mass is 381 g/mol. The highest BCUT2D eigenvalue weighted by Crippen LogP contribution is 2.42. The molecular weight excluding hydrogens is 344 g/mol. The molecule has 0 aromatic heterocycles. The molecule has 4 aliphatic rings. The summed E-state index contributed by atoms with van der Waals surface area (Å²) in [5.74, 6) is 2.01. The van der Waals surface area contributed by atoms with Crippen LogP contribution in [-0.4, -0.2) is 35.8 Å². The standard InChI is InChI=1S/C22H37ClN2O/c1-22(2)11-18-20(19(26)12-22)21(15-8-4-6-10-17(15)25-18)24-13-14-7-3-5-9-16(14)23/h14-18,20-21,24-25H,3-13H2,1-2H3/p+1. The Morgan fingerprint density at radius 3 is 2.62 bits per heavy atom. The summed E-state index contributed by atoms with van der Waals surface area (Å²) in [6, 6.07) is 1.60. The van der Waals surface area contributed by atoms with Gasteiger partial charge in [0, 0.05) is 30.2 Å². The highest BCUT2D eigenvalue weighted by molar-refractivity contribution is 6.20. The second-order valence-electron chi connectivity index (χ2n) is 10.5. The molecule has 4 rings (SSSR count). The summed E-state index contributed by atoms with van der Waals surface area (Å²) in [6.45, 7) is 5.58. The van der Waals surface area contributed by atoms with E-state index in [0.717, 1.165) is 25.4 Å². The summed E-state index contributed by atoms with van der Waals surface area (Å²) >= 11 is 6.63. The van der Waals surface area contributed by atoms with E-state index in [-0.39, 0.29) is 11.3 Å². The van der Waals surface area contributed by atoms with E-state index in [2.05, 4.69) is 24.5 Å². The van der Waals surface area contributed by atoms with Crippen molar-refractivity contribution in [3.63, 3.8) is 0 Å². The number of hydrogen-bond acceptors (Lipinski definition) is 2. The van der Waals surface area contributed by atoms with Crippen molar-refractivity contribution in [2.75, 3.05) is 6.54 Å². The van der Waals surface area contributed by atoms with Crippen molar-refractivity contribution in [3.8, 4) is 0 Å². The number of carbonyl (C=O) groups is 1. The van der Waals surface area contributed by atoms with Gasteiger partial charge in [0.05, 0.1) is 18.0 Å². The van der Waals surface area contributed by atoms with Crippen molar-refractivity contribution < 1.29 is 10.1 Å². The van der Waals surface area contributed by atoms with Crippen molar-refractivity contribution in [2.24, 2.45) is 23.2 Å². The Hall–Kier alpha value is -0.120. The van der Waals surface area contributed by atoms with Crippen molar-refractivity contribution in [1.82, 2.24) is 5.32 Å². The summed E-state index contributed by atoms with van der Waals surface area (Å²) in [7, 11) is 0. The number of quaternary nitrogens is 1. The fraction of sp³-hybridized carbons (Fsp3) is 0.955. The van der Waals surface area contributed by atoms with Gasteiger partial charge in [0.2, 0.25) is 0 Å². The number of halogens is 1. The Balaban J connectivity index is 1.51. The lowest BCUT2D eigenvalue weighted by Gasteiger charge is -2.51. The van der Waals surface area contributed by atoms with Crippen LogP contribution in [0.5, 0.6) is 0 Å². The number of nitrogens with one attached hydrogen (secondary N) is 1. The van der Waals surface area contributed by atoms with Crippen LogP contribution in [0.25, 0.3) is 0 Å². The van der Waals surface area contributed by atoms with Gasteiger partial charge in [-0.15, -0.1) is 11.6 Å². The molecular formula is C22H38ClN2O+. The number of fused-ring (bicyclic) bond motifs is 2. The van der Waals surface area contributed by atoms with Crippen LogP contribution in [0.1, 0.15) is 78.1 Å². The molecule has 0 aromatic carbocycles. The minimum atomic E-state index is 0.172. The molecule has 7 unspecified atom stereocenters. The molecule has 0 spiro atoms. The van der Waals surface area contributed by atoms with E-state index in [1.165, 1.54) is 51.4 Å². The third-order valence-corrected chi connectivity index (χ3v) is 8.50. The molecule has 1 heterocycles. The molecule has 1 saturated heterocycles. The number of rotatable bonds is 3. The third kappa shape index (κ3) is 3.86. The van der Waals surface area contributed by atoms with E-state index in [1.807, 2.05) is 0 Å². The number of Topliss-reactive ketones (excluding diaryl/α,β-unsaturated/α-hetero) is 1. The second kappa shape index (κ2) is 7.72. The summed E-state index contributed by atoms with van der Waals surface area (Å²) in [4.78, 5) is 13.2. The lowest BCUT2D eigenvalue weighted by Crippen LogP contribution is -3.02. The van der Waals surface area contributed by atoms with E-state index in [9.17, 15) is 4.79 Å². The Labute approximate surface area is 164 Å². The quantitative estimate of drug-likeness (QED) is 0.737. The second-order valence-corrected chi connectivity index (χ2v) is 11.1. The minimum absolute atomic E-state index is 0.172. The third-order valence-electron chi connectivity index (χ3n) is 7.92. The zero-order valence-electron chi connectivity index (χ0n) is 16.7. The topological polar surface area (TPSA) is 45.7 Å². The van der Waals surface area contributed by atoms with Gasteiger partial charge in [0.1, 0.15) is 5.78 Å². The SMILES string of the molecule is CC1(C)CC(=O)C2C(C1)[NH2+]C1CCCCC1C2NCC1CCCCC1Cl. The lowest BCUT2D eigenvalue weighted by molar-refractivity contribution is -0.747. The maximum absolute atomic E-state index is 13.2. The number of alkyl halides is 1. The molecule has 148 valence electrons. The van der Waals surface area contributed by atoms with E-state index >= 15 is 0 Å². The van der Waals surface area contributed by atoms with Gasteiger partial charge in [-0.3, -0.25) is 4.79 Å². The Bertz CT molecular complexity index is 522.